The van der Waals surface area contributed by atoms with Crippen molar-refractivity contribution >= 4 is 64.0 Å². The number of ether oxygens (including phenoxy) is 1. The number of primary amides is 1. The Labute approximate surface area is 253 Å². The van der Waals surface area contributed by atoms with E-state index in [0.29, 0.717) is 73.1 Å². The SMILES string of the molecule is CC(C)OC(=O)N1CCC[C@@H](Nc2ncc3nc(Nc4c(Cl)cc(C#N)cc4Cl)n([C@H]4CC[C@H](C(N)=O)CC4)c3n2)C1. The number of halogens is 2. The summed E-state index contributed by atoms with van der Waals surface area (Å²) < 4.78 is 7.38. The zero-order valence-corrected chi connectivity index (χ0v) is 25.0. The number of piperidine rings is 1. The number of aromatic nitrogens is 4. The van der Waals surface area contributed by atoms with Gasteiger partial charge in [-0.15, -0.1) is 0 Å². The summed E-state index contributed by atoms with van der Waals surface area (Å²) in [7, 11) is 0. The molecular formula is C28H33Cl2N9O3. The normalized spacial score (nSPS) is 20.8. The van der Waals surface area contributed by atoms with Gasteiger partial charge in [-0.05, 0) is 64.5 Å². The van der Waals surface area contributed by atoms with Crippen molar-refractivity contribution in [3.05, 3.63) is 33.9 Å². The molecule has 1 saturated heterocycles. The molecule has 2 aromatic heterocycles. The molecule has 14 heteroatoms. The third-order valence-corrected chi connectivity index (χ3v) is 8.25. The van der Waals surface area contributed by atoms with Crippen molar-refractivity contribution in [2.75, 3.05) is 23.7 Å². The van der Waals surface area contributed by atoms with Crippen molar-refractivity contribution in [3.63, 3.8) is 0 Å². The average molecular weight is 615 g/mol. The minimum absolute atomic E-state index is 0.0252. The molecule has 1 aliphatic carbocycles. The van der Waals surface area contributed by atoms with E-state index < -0.39 is 0 Å². The Hall–Kier alpha value is -3.82. The lowest BCUT2D eigenvalue weighted by Crippen LogP contribution is -2.46. The van der Waals surface area contributed by atoms with Crippen LogP contribution in [0, 0.1) is 17.2 Å². The van der Waals surface area contributed by atoms with Crippen LogP contribution in [0.15, 0.2) is 18.3 Å². The Bertz CT molecular complexity index is 1510. The number of fused-ring (bicyclic) bond motifs is 1. The third kappa shape index (κ3) is 6.47. The Morgan fingerprint density at radius 1 is 1.14 bits per heavy atom. The quantitative estimate of drug-likeness (QED) is 0.317. The number of amides is 2. The number of nitrogens with zero attached hydrogens (tertiary/aromatic N) is 6. The molecule has 42 heavy (non-hydrogen) atoms. The van der Waals surface area contributed by atoms with E-state index >= 15 is 0 Å². The number of carbonyl (C=O) groups excluding carboxylic acids is 2. The van der Waals surface area contributed by atoms with Crippen LogP contribution in [-0.4, -0.2) is 61.7 Å². The zero-order valence-electron chi connectivity index (χ0n) is 23.4. The Balaban J connectivity index is 1.46. The number of imidazole rings is 1. The van der Waals surface area contributed by atoms with E-state index in [1.165, 1.54) is 12.1 Å². The van der Waals surface area contributed by atoms with E-state index in [4.69, 9.17) is 43.6 Å². The summed E-state index contributed by atoms with van der Waals surface area (Å²) in [6, 6.07) is 5.04. The van der Waals surface area contributed by atoms with Gasteiger partial charge in [0.2, 0.25) is 17.8 Å². The lowest BCUT2D eigenvalue weighted by molar-refractivity contribution is -0.122. The number of nitrogens with one attached hydrogen (secondary N) is 2. The molecule has 1 aromatic carbocycles. The lowest BCUT2D eigenvalue weighted by Gasteiger charge is -2.33. The van der Waals surface area contributed by atoms with E-state index in [9.17, 15) is 14.9 Å². The minimum Gasteiger partial charge on any atom is -0.447 e. The van der Waals surface area contributed by atoms with Gasteiger partial charge in [0.15, 0.2) is 5.65 Å². The second-order valence-electron chi connectivity index (χ2n) is 11.0. The molecule has 2 aliphatic rings. The molecule has 0 unspecified atom stereocenters. The molecule has 3 heterocycles. The molecule has 0 bridgehead atoms. The monoisotopic (exact) mass is 613 g/mol. The summed E-state index contributed by atoms with van der Waals surface area (Å²) in [5.74, 6) is 0.427. The van der Waals surface area contributed by atoms with Crippen molar-refractivity contribution < 1.29 is 14.3 Å². The number of hydrogen-bond donors (Lipinski definition) is 3. The predicted molar refractivity (Wildman–Crippen MR) is 160 cm³/mol. The fourth-order valence-electron chi connectivity index (χ4n) is 5.60. The second kappa shape index (κ2) is 12.6. The van der Waals surface area contributed by atoms with Gasteiger partial charge in [0.05, 0.1) is 39.7 Å². The van der Waals surface area contributed by atoms with E-state index in [2.05, 4.69) is 15.6 Å². The summed E-state index contributed by atoms with van der Waals surface area (Å²) in [4.78, 5) is 40.1. The van der Waals surface area contributed by atoms with E-state index in [1.54, 1.807) is 11.1 Å². The van der Waals surface area contributed by atoms with Crippen molar-refractivity contribution in [3.8, 4) is 6.07 Å². The van der Waals surface area contributed by atoms with E-state index in [1.807, 2.05) is 24.5 Å². The highest BCUT2D eigenvalue weighted by Gasteiger charge is 2.30. The fourth-order valence-corrected chi connectivity index (χ4v) is 6.18. The highest BCUT2D eigenvalue weighted by molar-refractivity contribution is 6.39. The number of hydrogen-bond acceptors (Lipinski definition) is 9. The van der Waals surface area contributed by atoms with Crippen LogP contribution in [0.3, 0.4) is 0 Å². The molecule has 2 fully saturated rings. The Kier molecular flexibility index (Phi) is 8.89. The van der Waals surface area contributed by atoms with Gasteiger partial charge in [-0.1, -0.05) is 23.2 Å². The maximum absolute atomic E-state index is 12.5. The molecule has 0 radical (unpaired) electrons. The molecule has 1 atom stereocenters. The molecule has 222 valence electrons. The molecular weight excluding hydrogens is 581 g/mol. The summed E-state index contributed by atoms with van der Waals surface area (Å²) in [6.45, 7) is 4.78. The number of likely N-dealkylation sites (tertiary alicyclic amines) is 1. The van der Waals surface area contributed by atoms with Crippen molar-refractivity contribution in [1.29, 1.82) is 5.26 Å². The van der Waals surface area contributed by atoms with Gasteiger partial charge in [-0.2, -0.15) is 10.2 Å². The molecule has 12 nitrogen and oxygen atoms in total. The van der Waals surface area contributed by atoms with Crippen LogP contribution in [0.2, 0.25) is 10.0 Å². The highest BCUT2D eigenvalue weighted by atomic mass is 35.5. The van der Waals surface area contributed by atoms with Crippen LogP contribution in [0.5, 0.6) is 0 Å². The molecule has 1 aliphatic heterocycles. The number of nitriles is 1. The van der Waals surface area contributed by atoms with Crippen LogP contribution in [0.25, 0.3) is 11.2 Å². The van der Waals surface area contributed by atoms with Crippen LogP contribution in [0.4, 0.5) is 22.4 Å². The predicted octanol–water partition coefficient (Wildman–Crippen LogP) is 5.39. The first-order chi connectivity index (χ1) is 20.1. The highest BCUT2D eigenvalue weighted by Crippen LogP contribution is 2.39. The van der Waals surface area contributed by atoms with Crippen molar-refractivity contribution in [2.45, 2.75) is 70.6 Å². The first-order valence-electron chi connectivity index (χ1n) is 14.1. The van der Waals surface area contributed by atoms with Gasteiger partial charge in [0.25, 0.3) is 0 Å². The summed E-state index contributed by atoms with van der Waals surface area (Å²) in [5, 5.41) is 16.5. The number of nitrogens with two attached hydrogens (primary N) is 1. The lowest BCUT2D eigenvalue weighted by atomic mass is 9.85. The van der Waals surface area contributed by atoms with Crippen LogP contribution >= 0.6 is 23.2 Å². The number of anilines is 3. The Morgan fingerprint density at radius 3 is 2.50 bits per heavy atom. The van der Waals surface area contributed by atoms with E-state index in [-0.39, 0.29) is 46.2 Å². The third-order valence-electron chi connectivity index (χ3n) is 7.65. The standard InChI is InChI=1S/C28H33Cl2N9O3/c1-15(2)42-28(41)38-9-3-4-18(14-38)34-26-33-13-22-25(37-26)39(19-7-5-17(6-8-19)24(32)40)27(35-22)36-23-20(29)10-16(12-31)11-21(23)30/h10-11,13,15,17-19H,3-9,14H2,1-2H3,(H2,32,40)(H,35,36)(H,33,34,37)/t17-,18-,19-/m1/s1. The number of rotatable bonds is 7. The van der Waals surface area contributed by atoms with Gasteiger partial charge in [0.1, 0.15) is 5.52 Å². The molecule has 4 N–H and O–H groups in total. The van der Waals surface area contributed by atoms with Crippen LogP contribution < -0.4 is 16.4 Å². The first-order valence-corrected chi connectivity index (χ1v) is 14.8. The van der Waals surface area contributed by atoms with Crippen LogP contribution in [0.1, 0.15) is 64.0 Å². The molecule has 5 rings (SSSR count). The summed E-state index contributed by atoms with van der Waals surface area (Å²) in [5.41, 5.74) is 7.51. The molecule has 0 spiro atoms. The topological polar surface area (TPSA) is 164 Å². The fraction of sp³-hybridized carbons (Fsp3) is 0.500. The number of benzene rings is 1. The van der Waals surface area contributed by atoms with Crippen LogP contribution in [-0.2, 0) is 9.53 Å². The van der Waals surface area contributed by atoms with Gasteiger partial charge in [0, 0.05) is 31.1 Å². The largest absolute Gasteiger partial charge is 0.447 e. The molecule has 2 amide bonds. The van der Waals surface area contributed by atoms with E-state index in [0.717, 1.165) is 12.8 Å². The zero-order chi connectivity index (χ0) is 30.0. The van der Waals surface area contributed by atoms with Gasteiger partial charge >= 0.3 is 6.09 Å². The first kappa shape index (κ1) is 29.7. The smallest absolute Gasteiger partial charge is 0.410 e. The van der Waals surface area contributed by atoms with Gasteiger partial charge in [-0.25, -0.2) is 14.8 Å². The minimum atomic E-state index is -0.326. The van der Waals surface area contributed by atoms with Crippen molar-refractivity contribution in [2.24, 2.45) is 11.7 Å². The van der Waals surface area contributed by atoms with Gasteiger partial charge < -0.3 is 26.0 Å². The molecule has 1 saturated carbocycles. The summed E-state index contributed by atoms with van der Waals surface area (Å²) >= 11 is 13.0. The maximum Gasteiger partial charge on any atom is 0.410 e. The second-order valence-corrected chi connectivity index (χ2v) is 11.8. The van der Waals surface area contributed by atoms with Crippen molar-refractivity contribution in [1.82, 2.24) is 24.4 Å². The Morgan fingerprint density at radius 2 is 1.86 bits per heavy atom. The average Bonchev–Trinajstić information content (AvgIpc) is 3.31. The van der Waals surface area contributed by atoms with Gasteiger partial charge in [-0.3, -0.25) is 9.36 Å². The molecule has 3 aromatic rings. The number of carbonyl (C=O) groups is 2. The maximum atomic E-state index is 12.5. The summed E-state index contributed by atoms with van der Waals surface area (Å²) in [6.07, 6.45) is 5.52.